The van der Waals surface area contributed by atoms with E-state index in [1.807, 2.05) is 24.0 Å². The highest BCUT2D eigenvalue weighted by molar-refractivity contribution is 6.20. The van der Waals surface area contributed by atoms with Crippen molar-refractivity contribution < 1.29 is 0 Å². The summed E-state index contributed by atoms with van der Waals surface area (Å²) in [6.07, 6.45) is 8.64. The molecule has 3 nitrogen and oxygen atoms in total. The minimum absolute atomic E-state index is 0.381. The van der Waals surface area contributed by atoms with Crippen LogP contribution in [0.5, 0.6) is 0 Å². The van der Waals surface area contributed by atoms with Gasteiger partial charge in [0.05, 0.1) is 0 Å². The van der Waals surface area contributed by atoms with Gasteiger partial charge in [-0.1, -0.05) is 6.42 Å². The van der Waals surface area contributed by atoms with E-state index in [1.165, 1.54) is 19.3 Å². The average molecular weight is 228 g/mol. The highest BCUT2D eigenvalue weighted by Gasteiger charge is 2.20. The highest BCUT2D eigenvalue weighted by atomic mass is 35.5. The van der Waals surface area contributed by atoms with E-state index in [-0.39, 0.29) is 0 Å². The Morgan fingerprint density at radius 2 is 2.47 bits per heavy atom. The van der Waals surface area contributed by atoms with Gasteiger partial charge in [-0.2, -0.15) is 0 Å². The third kappa shape index (κ3) is 2.88. The summed E-state index contributed by atoms with van der Waals surface area (Å²) in [6.45, 7) is 0.994. The predicted molar refractivity (Wildman–Crippen MR) is 63.3 cm³/mol. The first kappa shape index (κ1) is 10.8. The summed E-state index contributed by atoms with van der Waals surface area (Å²) in [5.74, 6) is 1.66. The number of alkyl halides is 1. The van der Waals surface area contributed by atoms with Crippen LogP contribution in [0.4, 0.5) is 5.95 Å². The van der Waals surface area contributed by atoms with Crippen LogP contribution in [-0.2, 0) is 7.05 Å². The van der Waals surface area contributed by atoms with Crippen LogP contribution >= 0.6 is 11.6 Å². The largest absolute Gasteiger partial charge is 0.355 e. The molecule has 84 valence electrons. The summed E-state index contributed by atoms with van der Waals surface area (Å²) in [6, 6.07) is 0. The van der Waals surface area contributed by atoms with Crippen LogP contribution in [-0.4, -0.2) is 21.5 Å². The van der Waals surface area contributed by atoms with Gasteiger partial charge in [0.2, 0.25) is 5.95 Å². The lowest BCUT2D eigenvalue weighted by atomic mass is 9.89. The van der Waals surface area contributed by atoms with Crippen LogP contribution in [0.15, 0.2) is 12.4 Å². The molecule has 4 heteroatoms. The first-order valence-electron chi connectivity index (χ1n) is 5.61. The normalized spacial score (nSPS) is 26.5. The summed E-state index contributed by atoms with van der Waals surface area (Å²) < 4.78 is 2.00. The van der Waals surface area contributed by atoms with E-state index >= 15 is 0 Å². The van der Waals surface area contributed by atoms with Gasteiger partial charge >= 0.3 is 0 Å². The van der Waals surface area contributed by atoms with E-state index < -0.39 is 0 Å². The molecular weight excluding hydrogens is 210 g/mol. The molecule has 0 amide bonds. The molecule has 1 aliphatic rings. The number of nitrogens with zero attached hydrogens (tertiary/aromatic N) is 2. The number of anilines is 1. The van der Waals surface area contributed by atoms with E-state index in [4.69, 9.17) is 11.6 Å². The van der Waals surface area contributed by atoms with E-state index in [0.29, 0.717) is 11.3 Å². The molecule has 1 N–H and O–H groups in total. The van der Waals surface area contributed by atoms with Crippen LogP contribution < -0.4 is 5.32 Å². The number of hydrogen-bond acceptors (Lipinski definition) is 2. The fourth-order valence-electron chi connectivity index (χ4n) is 2.18. The Morgan fingerprint density at radius 3 is 3.13 bits per heavy atom. The molecule has 0 bridgehead atoms. The molecule has 1 aromatic rings. The van der Waals surface area contributed by atoms with E-state index in [9.17, 15) is 0 Å². The van der Waals surface area contributed by atoms with Gasteiger partial charge in [0.1, 0.15) is 0 Å². The van der Waals surface area contributed by atoms with Crippen LogP contribution in [0.2, 0.25) is 0 Å². The van der Waals surface area contributed by atoms with Gasteiger partial charge in [0.25, 0.3) is 0 Å². The Hall–Kier alpha value is -0.700. The third-order valence-electron chi connectivity index (χ3n) is 3.09. The first-order chi connectivity index (χ1) is 7.25. The summed E-state index contributed by atoms with van der Waals surface area (Å²) in [4.78, 5) is 4.24. The second-order valence-electron chi connectivity index (χ2n) is 4.37. The maximum Gasteiger partial charge on any atom is 0.202 e. The Labute approximate surface area is 95.8 Å². The number of halogens is 1. The van der Waals surface area contributed by atoms with Crippen molar-refractivity contribution in [2.75, 3.05) is 11.9 Å². The molecule has 1 heterocycles. The van der Waals surface area contributed by atoms with E-state index in [0.717, 1.165) is 18.9 Å². The van der Waals surface area contributed by atoms with Crippen molar-refractivity contribution in [2.45, 2.75) is 31.1 Å². The van der Waals surface area contributed by atoms with Crippen LogP contribution in [0, 0.1) is 5.92 Å². The third-order valence-corrected chi connectivity index (χ3v) is 3.49. The van der Waals surface area contributed by atoms with Crippen molar-refractivity contribution in [3.05, 3.63) is 12.4 Å². The molecule has 1 aliphatic carbocycles. The quantitative estimate of drug-likeness (QED) is 0.805. The molecule has 1 aromatic heterocycles. The Balaban J connectivity index is 1.80. The number of imidazole rings is 1. The SMILES string of the molecule is Cn1ccnc1NCC1CCCC(Cl)C1. The van der Waals surface area contributed by atoms with Crippen molar-refractivity contribution >= 4 is 17.5 Å². The second-order valence-corrected chi connectivity index (χ2v) is 4.99. The number of nitrogens with one attached hydrogen (secondary N) is 1. The van der Waals surface area contributed by atoms with Gasteiger partial charge in [0.15, 0.2) is 0 Å². The van der Waals surface area contributed by atoms with Gasteiger partial charge in [-0.25, -0.2) is 4.98 Å². The molecule has 15 heavy (non-hydrogen) atoms. The van der Waals surface area contributed by atoms with Crippen molar-refractivity contribution in [3.63, 3.8) is 0 Å². The smallest absolute Gasteiger partial charge is 0.202 e. The molecular formula is C11H18ClN3. The number of rotatable bonds is 3. The van der Waals surface area contributed by atoms with Crippen molar-refractivity contribution in [2.24, 2.45) is 13.0 Å². The maximum atomic E-state index is 6.15. The maximum absolute atomic E-state index is 6.15. The number of hydrogen-bond donors (Lipinski definition) is 1. The average Bonchev–Trinajstić information content (AvgIpc) is 2.61. The van der Waals surface area contributed by atoms with Gasteiger partial charge < -0.3 is 9.88 Å². The molecule has 1 saturated carbocycles. The zero-order chi connectivity index (χ0) is 10.7. The molecule has 0 saturated heterocycles. The number of aromatic nitrogens is 2. The minimum atomic E-state index is 0.381. The lowest BCUT2D eigenvalue weighted by molar-refractivity contribution is 0.378. The van der Waals surface area contributed by atoms with E-state index in [2.05, 4.69) is 10.3 Å². The molecule has 2 unspecified atom stereocenters. The van der Waals surface area contributed by atoms with Crippen molar-refractivity contribution in [1.29, 1.82) is 0 Å². The van der Waals surface area contributed by atoms with Crippen LogP contribution in [0.25, 0.3) is 0 Å². The molecule has 1 fully saturated rings. The van der Waals surface area contributed by atoms with Crippen molar-refractivity contribution in [3.8, 4) is 0 Å². The van der Waals surface area contributed by atoms with Gasteiger partial charge in [-0.3, -0.25) is 0 Å². The molecule has 0 aliphatic heterocycles. The lowest BCUT2D eigenvalue weighted by Crippen LogP contribution is -2.23. The van der Waals surface area contributed by atoms with E-state index in [1.54, 1.807) is 0 Å². The highest BCUT2D eigenvalue weighted by Crippen LogP contribution is 2.27. The predicted octanol–water partition coefficient (Wildman–Crippen LogP) is 2.63. The Kier molecular flexibility index (Phi) is 3.52. The Bertz CT molecular complexity index is 311. The van der Waals surface area contributed by atoms with Gasteiger partial charge in [-0.05, 0) is 25.2 Å². The number of aryl methyl sites for hydroxylation is 1. The van der Waals surface area contributed by atoms with Gasteiger partial charge in [-0.15, -0.1) is 11.6 Å². The zero-order valence-electron chi connectivity index (χ0n) is 9.12. The molecule has 0 aromatic carbocycles. The molecule has 0 radical (unpaired) electrons. The summed E-state index contributed by atoms with van der Waals surface area (Å²) in [7, 11) is 2.00. The molecule has 2 rings (SSSR count). The molecule has 2 atom stereocenters. The summed E-state index contributed by atoms with van der Waals surface area (Å²) in [5, 5.41) is 3.76. The minimum Gasteiger partial charge on any atom is -0.355 e. The molecule has 0 spiro atoms. The van der Waals surface area contributed by atoms with Crippen molar-refractivity contribution in [1.82, 2.24) is 9.55 Å². The monoisotopic (exact) mass is 227 g/mol. The first-order valence-corrected chi connectivity index (χ1v) is 6.04. The summed E-state index contributed by atoms with van der Waals surface area (Å²) in [5.41, 5.74) is 0. The fraction of sp³-hybridized carbons (Fsp3) is 0.727. The van der Waals surface area contributed by atoms with Gasteiger partial charge in [0, 0.05) is 31.4 Å². The lowest BCUT2D eigenvalue weighted by Gasteiger charge is -2.25. The Morgan fingerprint density at radius 1 is 1.60 bits per heavy atom. The standard InChI is InChI=1S/C11H18ClN3/c1-15-6-5-13-11(15)14-8-9-3-2-4-10(12)7-9/h5-6,9-10H,2-4,7-8H2,1H3,(H,13,14). The summed E-state index contributed by atoms with van der Waals surface area (Å²) >= 11 is 6.15. The second kappa shape index (κ2) is 4.88. The topological polar surface area (TPSA) is 29.9 Å². The zero-order valence-corrected chi connectivity index (χ0v) is 9.87. The van der Waals surface area contributed by atoms with Crippen LogP contribution in [0.3, 0.4) is 0 Å². The fourth-order valence-corrected chi connectivity index (χ4v) is 2.59. The van der Waals surface area contributed by atoms with Crippen LogP contribution in [0.1, 0.15) is 25.7 Å².